The van der Waals surface area contributed by atoms with E-state index in [9.17, 15) is 0 Å². The third-order valence-electron chi connectivity index (χ3n) is 5.78. The lowest BCUT2D eigenvalue weighted by Gasteiger charge is -2.37. The van der Waals surface area contributed by atoms with Gasteiger partial charge in [0.15, 0.2) is 5.65 Å². The highest BCUT2D eigenvalue weighted by Gasteiger charge is 2.25. The number of aromatic nitrogens is 4. The Morgan fingerprint density at radius 2 is 1.89 bits per heavy atom. The van der Waals surface area contributed by atoms with Gasteiger partial charge in [0.25, 0.3) is 0 Å². The SMILES string of the molecule is c1ccc(-n2ncc3c(N4CCCC(CN5CCOCC5)C4)ncnc32)cc1. The van der Waals surface area contributed by atoms with Gasteiger partial charge in [-0.05, 0) is 30.9 Å². The summed E-state index contributed by atoms with van der Waals surface area (Å²) in [6.07, 6.45) is 6.06. The monoisotopic (exact) mass is 378 g/mol. The second kappa shape index (κ2) is 7.85. The third-order valence-corrected chi connectivity index (χ3v) is 5.78. The van der Waals surface area contributed by atoms with E-state index in [1.807, 2.05) is 41.2 Å². The van der Waals surface area contributed by atoms with Crippen molar-refractivity contribution in [2.45, 2.75) is 12.8 Å². The molecule has 1 unspecified atom stereocenters. The highest BCUT2D eigenvalue weighted by molar-refractivity contribution is 5.87. The molecule has 146 valence electrons. The number of piperidine rings is 1. The van der Waals surface area contributed by atoms with Crippen molar-refractivity contribution in [3.05, 3.63) is 42.9 Å². The summed E-state index contributed by atoms with van der Waals surface area (Å²) in [6, 6.07) is 10.1. The maximum Gasteiger partial charge on any atom is 0.168 e. The van der Waals surface area contributed by atoms with Crippen LogP contribution in [0.1, 0.15) is 12.8 Å². The number of rotatable bonds is 4. The largest absolute Gasteiger partial charge is 0.379 e. The van der Waals surface area contributed by atoms with Gasteiger partial charge >= 0.3 is 0 Å². The summed E-state index contributed by atoms with van der Waals surface area (Å²) in [7, 11) is 0. The van der Waals surface area contributed by atoms with Gasteiger partial charge in [0.1, 0.15) is 12.1 Å². The van der Waals surface area contributed by atoms with Crippen LogP contribution < -0.4 is 4.90 Å². The topological polar surface area (TPSA) is 59.3 Å². The smallest absolute Gasteiger partial charge is 0.168 e. The maximum absolute atomic E-state index is 5.49. The van der Waals surface area contributed by atoms with Crippen LogP contribution in [0.3, 0.4) is 0 Å². The van der Waals surface area contributed by atoms with E-state index in [0.29, 0.717) is 5.92 Å². The number of hydrogen-bond donors (Lipinski definition) is 0. The van der Waals surface area contributed by atoms with Gasteiger partial charge in [-0.25, -0.2) is 14.6 Å². The van der Waals surface area contributed by atoms with Crippen LogP contribution in [0.25, 0.3) is 16.7 Å². The number of hydrogen-bond acceptors (Lipinski definition) is 6. The van der Waals surface area contributed by atoms with E-state index in [-0.39, 0.29) is 0 Å². The van der Waals surface area contributed by atoms with Gasteiger partial charge in [-0.15, -0.1) is 0 Å². The molecule has 2 aromatic heterocycles. The molecular formula is C21H26N6O. The number of morpholine rings is 1. The average Bonchev–Trinajstić information content (AvgIpc) is 3.20. The first-order valence-electron chi connectivity index (χ1n) is 10.2. The lowest BCUT2D eigenvalue weighted by Crippen LogP contribution is -2.44. The average molecular weight is 378 g/mol. The van der Waals surface area contributed by atoms with E-state index in [1.54, 1.807) is 6.33 Å². The van der Waals surface area contributed by atoms with Gasteiger partial charge in [-0.1, -0.05) is 18.2 Å². The molecule has 2 saturated heterocycles. The normalized spacial score (nSPS) is 21.3. The van der Waals surface area contributed by atoms with Crippen molar-refractivity contribution < 1.29 is 4.74 Å². The maximum atomic E-state index is 5.49. The molecule has 7 nitrogen and oxygen atoms in total. The minimum absolute atomic E-state index is 0.668. The zero-order valence-electron chi connectivity index (χ0n) is 16.1. The standard InChI is InChI=1S/C21H26N6O/c1-2-6-18(7-3-1)27-21-19(13-24-27)20(22-16-23-21)26-8-4-5-17(15-26)14-25-9-11-28-12-10-25/h1-3,6-7,13,16-17H,4-5,8-12,14-15H2. The van der Waals surface area contributed by atoms with E-state index in [1.165, 1.54) is 12.8 Å². The summed E-state index contributed by atoms with van der Waals surface area (Å²) in [5, 5.41) is 5.63. The molecule has 28 heavy (non-hydrogen) atoms. The van der Waals surface area contributed by atoms with Crippen LogP contribution in [0.4, 0.5) is 5.82 Å². The number of nitrogens with zero attached hydrogens (tertiary/aromatic N) is 6. The van der Waals surface area contributed by atoms with Crippen molar-refractivity contribution in [1.29, 1.82) is 0 Å². The van der Waals surface area contributed by atoms with Crippen molar-refractivity contribution in [1.82, 2.24) is 24.6 Å². The molecule has 1 atom stereocenters. The fourth-order valence-electron chi connectivity index (χ4n) is 4.40. The number of benzene rings is 1. The van der Waals surface area contributed by atoms with Gasteiger partial charge in [0.2, 0.25) is 0 Å². The molecule has 2 aliphatic heterocycles. The van der Waals surface area contributed by atoms with E-state index < -0.39 is 0 Å². The van der Waals surface area contributed by atoms with Crippen LogP contribution in [-0.4, -0.2) is 70.6 Å². The van der Waals surface area contributed by atoms with Crippen molar-refractivity contribution >= 4 is 16.9 Å². The van der Waals surface area contributed by atoms with Gasteiger partial charge < -0.3 is 9.64 Å². The molecule has 0 amide bonds. The molecule has 1 aromatic carbocycles. The van der Waals surface area contributed by atoms with Crippen LogP contribution in [0.2, 0.25) is 0 Å². The summed E-state index contributed by atoms with van der Waals surface area (Å²) >= 11 is 0. The lowest BCUT2D eigenvalue weighted by molar-refractivity contribution is 0.0296. The molecule has 0 saturated carbocycles. The molecule has 0 N–H and O–H groups in total. The lowest BCUT2D eigenvalue weighted by atomic mass is 9.97. The Bertz CT molecular complexity index is 921. The first-order valence-corrected chi connectivity index (χ1v) is 10.2. The molecule has 0 radical (unpaired) electrons. The number of para-hydroxylation sites is 1. The van der Waals surface area contributed by atoms with Crippen molar-refractivity contribution in [2.24, 2.45) is 5.92 Å². The second-order valence-electron chi connectivity index (χ2n) is 7.69. The minimum Gasteiger partial charge on any atom is -0.379 e. The van der Waals surface area contributed by atoms with Crippen LogP contribution in [0.5, 0.6) is 0 Å². The molecule has 0 bridgehead atoms. The molecule has 7 heteroatoms. The fraction of sp³-hybridized carbons (Fsp3) is 0.476. The van der Waals surface area contributed by atoms with Crippen molar-refractivity contribution in [2.75, 3.05) is 50.8 Å². The van der Waals surface area contributed by atoms with E-state index in [2.05, 4.69) is 24.9 Å². The quantitative estimate of drug-likeness (QED) is 0.695. The second-order valence-corrected chi connectivity index (χ2v) is 7.69. The van der Waals surface area contributed by atoms with Crippen LogP contribution >= 0.6 is 0 Å². The Morgan fingerprint density at radius 1 is 1.04 bits per heavy atom. The molecule has 0 spiro atoms. The first kappa shape index (κ1) is 17.6. The minimum atomic E-state index is 0.668. The van der Waals surface area contributed by atoms with Crippen molar-refractivity contribution in [3.63, 3.8) is 0 Å². The molecular weight excluding hydrogens is 352 g/mol. The number of fused-ring (bicyclic) bond motifs is 1. The number of ether oxygens (including phenoxy) is 1. The highest BCUT2D eigenvalue weighted by Crippen LogP contribution is 2.28. The highest BCUT2D eigenvalue weighted by atomic mass is 16.5. The van der Waals surface area contributed by atoms with Gasteiger partial charge in [-0.2, -0.15) is 5.10 Å². The van der Waals surface area contributed by atoms with Crippen molar-refractivity contribution in [3.8, 4) is 5.69 Å². The molecule has 3 aromatic rings. The van der Waals surface area contributed by atoms with Gasteiger partial charge in [0.05, 0.1) is 30.5 Å². The van der Waals surface area contributed by atoms with E-state index >= 15 is 0 Å². The predicted molar refractivity (Wildman–Crippen MR) is 109 cm³/mol. The predicted octanol–water partition coefficient (Wildman–Crippen LogP) is 2.36. The third kappa shape index (κ3) is 3.47. The van der Waals surface area contributed by atoms with Gasteiger partial charge in [0, 0.05) is 32.7 Å². The molecule has 2 fully saturated rings. The Labute approximate surface area is 164 Å². The Morgan fingerprint density at radius 3 is 2.75 bits per heavy atom. The van der Waals surface area contributed by atoms with Crippen LogP contribution in [0.15, 0.2) is 42.9 Å². The molecule has 4 heterocycles. The summed E-state index contributed by atoms with van der Waals surface area (Å²) in [5.74, 6) is 1.68. The van der Waals surface area contributed by atoms with Crippen LogP contribution in [0, 0.1) is 5.92 Å². The van der Waals surface area contributed by atoms with Gasteiger partial charge in [-0.3, -0.25) is 4.90 Å². The van der Waals surface area contributed by atoms with E-state index in [4.69, 9.17) is 4.74 Å². The Balaban J connectivity index is 1.39. The van der Waals surface area contributed by atoms with E-state index in [0.717, 1.165) is 68.5 Å². The molecule has 2 aliphatic rings. The zero-order valence-corrected chi connectivity index (χ0v) is 16.1. The number of anilines is 1. The van der Waals surface area contributed by atoms with Crippen LogP contribution in [-0.2, 0) is 4.74 Å². The Hall–Kier alpha value is -2.51. The summed E-state index contributed by atoms with van der Waals surface area (Å²) < 4.78 is 7.39. The zero-order chi connectivity index (χ0) is 18.8. The first-order chi connectivity index (χ1) is 13.9. The summed E-state index contributed by atoms with van der Waals surface area (Å²) in [5.41, 5.74) is 1.89. The Kier molecular flexibility index (Phi) is 4.93. The fourth-order valence-corrected chi connectivity index (χ4v) is 4.40. The summed E-state index contributed by atoms with van der Waals surface area (Å²) in [4.78, 5) is 14.1. The summed E-state index contributed by atoms with van der Waals surface area (Å²) in [6.45, 7) is 7.07. The molecule has 5 rings (SSSR count). The molecule has 0 aliphatic carbocycles.